The fourth-order valence-electron chi connectivity index (χ4n) is 1.61. The summed E-state index contributed by atoms with van der Waals surface area (Å²) in [6.45, 7) is 4.81. The van der Waals surface area contributed by atoms with Crippen LogP contribution in [-0.4, -0.2) is 22.4 Å². The second-order valence-electron chi connectivity index (χ2n) is 4.51. The van der Waals surface area contributed by atoms with E-state index in [4.69, 9.17) is 5.73 Å². The van der Waals surface area contributed by atoms with E-state index in [1.807, 2.05) is 0 Å². The molecule has 0 aliphatic carbocycles. The maximum Gasteiger partial charge on any atom is 0.282 e. The summed E-state index contributed by atoms with van der Waals surface area (Å²) in [6, 6.07) is 0.153. The highest BCUT2D eigenvalue weighted by Gasteiger charge is 2.13. The molecule has 3 N–H and O–H groups in total. The van der Waals surface area contributed by atoms with Gasteiger partial charge in [0, 0.05) is 19.6 Å². The number of nitrogens with zero attached hydrogens (tertiary/aromatic N) is 2. The van der Waals surface area contributed by atoms with Gasteiger partial charge in [0.25, 0.3) is 5.56 Å². The van der Waals surface area contributed by atoms with E-state index in [1.165, 1.54) is 4.68 Å². The monoisotopic (exact) mass is 302 g/mol. The third-order valence-electron chi connectivity index (χ3n) is 2.48. The van der Waals surface area contributed by atoms with Crippen LogP contribution in [0.1, 0.15) is 20.3 Å². The van der Waals surface area contributed by atoms with E-state index in [-0.39, 0.29) is 11.6 Å². The molecule has 1 rings (SSSR count). The topological polar surface area (TPSA) is 72.9 Å². The second-order valence-corrected chi connectivity index (χ2v) is 5.30. The molecule has 96 valence electrons. The van der Waals surface area contributed by atoms with Gasteiger partial charge in [-0.2, -0.15) is 5.10 Å². The number of rotatable bonds is 5. The van der Waals surface area contributed by atoms with Crippen LogP contribution in [0.5, 0.6) is 0 Å². The lowest BCUT2D eigenvalue weighted by atomic mass is 10.0. The maximum atomic E-state index is 11.7. The number of aromatic nitrogens is 2. The van der Waals surface area contributed by atoms with Gasteiger partial charge in [-0.1, -0.05) is 13.8 Å². The average Bonchev–Trinajstić information content (AvgIpc) is 2.28. The Morgan fingerprint density at radius 1 is 1.59 bits per heavy atom. The first-order valence-electron chi connectivity index (χ1n) is 5.64. The van der Waals surface area contributed by atoms with E-state index in [9.17, 15) is 4.79 Å². The predicted octanol–water partition coefficient (Wildman–Crippen LogP) is 1.33. The SMILES string of the molecule is CC(C)CC(CN)Nc1cnn(C)c(=O)c1Br. The van der Waals surface area contributed by atoms with Gasteiger partial charge in [-0.15, -0.1) is 0 Å². The number of halogens is 1. The van der Waals surface area contributed by atoms with E-state index >= 15 is 0 Å². The molecule has 5 nitrogen and oxygen atoms in total. The average molecular weight is 303 g/mol. The molecule has 0 radical (unpaired) electrons. The van der Waals surface area contributed by atoms with Crippen molar-refractivity contribution in [3.63, 3.8) is 0 Å². The van der Waals surface area contributed by atoms with E-state index in [0.29, 0.717) is 22.6 Å². The Hall–Kier alpha value is -0.880. The number of hydrogen-bond donors (Lipinski definition) is 2. The quantitative estimate of drug-likeness (QED) is 0.860. The zero-order chi connectivity index (χ0) is 13.0. The summed E-state index contributed by atoms with van der Waals surface area (Å²) in [4.78, 5) is 11.7. The lowest BCUT2D eigenvalue weighted by molar-refractivity contribution is 0.521. The summed E-state index contributed by atoms with van der Waals surface area (Å²) in [7, 11) is 1.62. The molecule has 0 amide bonds. The highest BCUT2D eigenvalue weighted by molar-refractivity contribution is 9.10. The van der Waals surface area contributed by atoms with Crippen LogP contribution in [0.3, 0.4) is 0 Å². The van der Waals surface area contributed by atoms with Crippen molar-refractivity contribution in [2.45, 2.75) is 26.3 Å². The molecule has 0 aliphatic rings. The first-order chi connectivity index (χ1) is 7.95. The van der Waals surface area contributed by atoms with Gasteiger partial charge in [-0.3, -0.25) is 4.79 Å². The molecule has 0 fully saturated rings. The fraction of sp³-hybridized carbons (Fsp3) is 0.636. The van der Waals surface area contributed by atoms with Crippen LogP contribution in [0.25, 0.3) is 0 Å². The molecule has 1 aromatic rings. The van der Waals surface area contributed by atoms with Gasteiger partial charge >= 0.3 is 0 Å². The van der Waals surface area contributed by atoms with Crippen molar-refractivity contribution in [1.82, 2.24) is 9.78 Å². The second kappa shape index (κ2) is 6.16. The van der Waals surface area contributed by atoms with Crippen molar-refractivity contribution in [2.75, 3.05) is 11.9 Å². The number of anilines is 1. The molecular weight excluding hydrogens is 284 g/mol. The molecular formula is C11H19BrN4O. The molecule has 0 saturated heterocycles. The van der Waals surface area contributed by atoms with Crippen LogP contribution in [0.4, 0.5) is 5.69 Å². The van der Waals surface area contributed by atoms with Crippen molar-refractivity contribution in [1.29, 1.82) is 0 Å². The molecule has 1 heterocycles. The van der Waals surface area contributed by atoms with Crippen LogP contribution in [0, 0.1) is 5.92 Å². The highest BCUT2D eigenvalue weighted by atomic mass is 79.9. The molecule has 0 bridgehead atoms. The van der Waals surface area contributed by atoms with Crippen molar-refractivity contribution in [3.8, 4) is 0 Å². The Labute approximate surface area is 110 Å². The zero-order valence-electron chi connectivity index (χ0n) is 10.4. The van der Waals surface area contributed by atoms with E-state index in [0.717, 1.165) is 6.42 Å². The largest absolute Gasteiger partial charge is 0.379 e. The molecule has 0 saturated carbocycles. The Kier molecular flexibility index (Phi) is 5.14. The summed E-state index contributed by atoms with van der Waals surface area (Å²) in [6.07, 6.45) is 2.59. The van der Waals surface area contributed by atoms with Crippen LogP contribution in [-0.2, 0) is 7.05 Å². The Morgan fingerprint density at radius 3 is 2.76 bits per heavy atom. The predicted molar refractivity (Wildman–Crippen MR) is 73.1 cm³/mol. The van der Waals surface area contributed by atoms with Crippen molar-refractivity contribution < 1.29 is 0 Å². The Morgan fingerprint density at radius 2 is 2.24 bits per heavy atom. The van der Waals surface area contributed by atoms with Gasteiger partial charge < -0.3 is 11.1 Å². The van der Waals surface area contributed by atoms with Gasteiger partial charge in [-0.05, 0) is 28.3 Å². The minimum Gasteiger partial charge on any atom is -0.379 e. The smallest absolute Gasteiger partial charge is 0.282 e. The molecule has 0 aromatic carbocycles. The minimum absolute atomic E-state index is 0.153. The van der Waals surface area contributed by atoms with Gasteiger partial charge in [-0.25, -0.2) is 4.68 Å². The van der Waals surface area contributed by atoms with Crippen molar-refractivity contribution in [2.24, 2.45) is 18.7 Å². The summed E-state index contributed by atoms with van der Waals surface area (Å²) in [5, 5.41) is 7.23. The van der Waals surface area contributed by atoms with Crippen LogP contribution in [0.15, 0.2) is 15.5 Å². The van der Waals surface area contributed by atoms with Crippen LogP contribution >= 0.6 is 15.9 Å². The van der Waals surface area contributed by atoms with Crippen LogP contribution in [0.2, 0.25) is 0 Å². The van der Waals surface area contributed by atoms with Gasteiger partial charge in [0.05, 0.1) is 11.9 Å². The van der Waals surface area contributed by atoms with E-state index < -0.39 is 0 Å². The Bertz CT molecular complexity index is 430. The van der Waals surface area contributed by atoms with Gasteiger partial charge in [0.1, 0.15) is 4.47 Å². The summed E-state index contributed by atoms with van der Waals surface area (Å²) < 4.78 is 1.78. The first-order valence-corrected chi connectivity index (χ1v) is 6.43. The standard InChI is InChI=1S/C11H19BrN4O/c1-7(2)4-8(5-13)15-9-6-14-16(3)11(17)10(9)12/h6-8,15H,4-5,13H2,1-3H3. The molecule has 0 spiro atoms. The van der Waals surface area contributed by atoms with E-state index in [2.05, 4.69) is 40.2 Å². The molecule has 0 aliphatic heterocycles. The molecule has 1 aromatic heterocycles. The summed E-state index contributed by atoms with van der Waals surface area (Å²) >= 11 is 3.28. The lowest BCUT2D eigenvalue weighted by Gasteiger charge is -2.20. The lowest BCUT2D eigenvalue weighted by Crippen LogP contribution is -2.32. The molecule has 6 heteroatoms. The maximum absolute atomic E-state index is 11.7. The first kappa shape index (κ1) is 14.2. The van der Waals surface area contributed by atoms with Crippen LogP contribution < -0.4 is 16.6 Å². The highest BCUT2D eigenvalue weighted by Crippen LogP contribution is 2.18. The Balaban J connectivity index is 2.87. The third-order valence-corrected chi connectivity index (χ3v) is 3.24. The normalized spacial score (nSPS) is 12.8. The van der Waals surface area contributed by atoms with Crippen molar-refractivity contribution in [3.05, 3.63) is 21.0 Å². The van der Waals surface area contributed by atoms with Crippen molar-refractivity contribution >= 4 is 21.6 Å². The molecule has 1 atom stereocenters. The van der Waals surface area contributed by atoms with Gasteiger partial charge in [0.2, 0.25) is 0 Å². The number of nitrogens with one attached hydrogen (secondary N) is 1. The third kappa shape index (κ3) is 3.81. The number of aryl methyl sites for hydroxylation is 1. The molecule has 17 heavy (non-hydrogen) atoms. The number of hydrogen-bond acceptors (Lipinski definition) is 4. The summed E-state index contributed by atoms with van der Waals surface area (Å²) in [5.74, 6) is 0.550. The fourth-order valence-corrected chi connectivity index (χ4v) is 2.09. The zero-order valence-corrected chi connectivity index (χ0v) is 12.0. The minimum atomic E-state index is -0.157. The van der Waals surface area contributed by atoms with E-state index in [1.54, 1.807) is 13.2 Å². The molecule has 1 unspecified atom stereocenters. The number of nitrogens with two attached hydrogens (primary N) is 1. The van der Waals surface area contributed by atoms with Gasteiger partial charge in [0.15, 0.2) is 0 Å². The summed E-state index contributed by atoms with van der Waals surface area (Å²) in [5.41, 5.74) is 6.25.